The van der Waals surface area contributed by atoms with Crippen LogP contribution in [0, 0.1) is 5.41 Å². The fourth-order valence-electron chi connectivity index (χ4n) is 4.91. The van der Waals surface area contributed by atoms with Crippen LogP contribution in [0.5, 0.6) is 0 Å². The topological polar surface area (TPSA) is 59.5 Å². The molecule has 2 atom stereocenters. The summed E-state index contributed by atoms with van der Waals surface area (Å²) in [5.41, 5.74) is 2.25. The van der Waals surface area contributed by atoms with Crippen molar-refractivity contribution in [3.05, 3.63) is 58.9 Å². The molecule has 0 aliphatic carbocycles. The summed E-state index contributed by atoms with van der Waals surface area (Å²) in [4.78, 5) is 7.20. The second-order valence-corrected chi connectivity index (χ2v) is 12.2. The van der Waals surface area contributed by atoms with Crippen molar-refractivity contribution in [3.8, 4) is 0 Å². The highest BCUT2D eigenvalue weighted by atomic mass is 35.5. The van der Waals surface area contributed by atoms with E-state index in [9.17, 15) is 8.42 Å². The molecule has 4 rings (SSSR count). The lowest BCUT2D eigenvalue weighted by molar-refractivity contribution is -0.230. The quantitative estimate of drug-likeness (QED) is 0.605. The van der Waals surface area contributed by atoms with Gasteiger partial charge in [0.2, 0.25) is 0 Å². The van der Waals surface area contributed by atoms with E-state index in [-0.39, 0.29) is 22.0 Å². The van der Waals surface area contributed by atoms with Crippen LogP contribution in [0.25, 0.3) is 0 Å². The van der Waals surface area contributed by atoms with Gasteiger partial charge in [-0.3, -0.25) is 9.88 Å². The summed E-state index contributed by atoms with van der Waals surface area (Å²) in [7, 11) is -3.22. The second kappa shape index (κ2) is 8.47. The molecule has 0 spiro atoms. The highest BCUT2D eigenvalue weighted by Crippen LogP contribution is 2.49. The Morgan fingerprint density at radius 2 is 1.90 bits per heavy atom. The lowest BCUT2D eigenvalue weighted by Crippen LogP contribution is -2.55. The molecule has 0 amide bonds. The van der Waals surface area contributed by atoms with Crippen LogP contribution < -0.4 is 0 Å². The first-order chi connectivity index (χ1) is 14.5. The van der Waals surface area contributed by atoms with Gasteiger partial charge in [0.1, 0.15) is 0 Å². The Bertz CT molecular complexity index is 1010. The third-order valence-corrected chi connectivity index (χ3v) is 8.06. The second-order valence-electron chi connectivity index (χ2n) is 9.78. The maximum atomic E-state index is 11.7. The van der Waals surface area contributed by atoms with Crippen LogP contribution in [0.15, 0.2) is 47.5 Å². The molecule has 0 radical (unpaired) electrons. The molecular formula is C24H31ClN2O3S. The average molecular weight is 463 g/mol. The zero-order valence-corrected chi connectivity index (χ0v) is 20.0. The fraction of sp³-hybridized carbons (Fsp3) is 0.542. The van der Waals surface area contributed by atoms with Crippen LogP contribution in [0.1, 0.15) is 44.4 Å². The number of halogens is 1. The van der Waals surface area contributed by atoms with E-state index < -0.39 is 9.84 Å². The summed E-state index contributed by atoms with van der Waals surface area (Å²) in [5, 5.41) is 0.763. The smallest absolute Gasteiger partial charge is 0.177 e. The third-order valence-electron chi connectivity index (χ3n) is 6.71. The molecule has 5 nitrogen and oxygen atoms in total. The number of benzene rings is 1. The van der Waals surface area contributed by atoms with Gasteiger partial charge in [0.15, 0.2) is 9.84 Å². The minimum absolute atomic E-state index is 0.0450. The van der Waals surface area contributed by atoms with Gasteiger partial charge in [0.05, 0.1) is 16.6 Å². The molecule has 2 aromatic rings. The number of pyridine rings is 1. The van der Waals surface area contributed by atoms with E-state index in [2.05, 4.69) is 35.9 Å². The summed E-state index contributed by atoms with van der Waals surface area (Å²) in [5.74, 6) is 0. The van der Waals surface area contributed by atoms with Crippen LogP contribution in [0.2, 0.25) is 5.02 Å². The number of rotatable bonds is 7. The van der Waals surface area contributed by atoms with Crippen LogP contribution in [-0.4, -0.2) is 49.4 Å². The third kappa shape index (κ3) is 5.30. The minimum Gasteiger partial charge on any atom is -0.372 e. The molecule has 1 aromatic carbocycles. The molecule has 2 aliphatic heterocycles. The standard InChI is InChI=1S/C24H31ClN2O3S/c1-23(2)14-22(30-23)24(11-10-20-8-9-21(15-26-20)31(3,28)29)12-13-27(17-24)16-18-4-6-19(25)7-5-18/h4-9,15,22H,10-14,16-17H2,1-3H3/t22-,24-/m1/s1. The lowest BCUT2D eigenvalue weighted by Gasteiger charge is -2.52. The van der Waals surface area contributed by atoms with E-state index in [1.54, 1.807) is 6.07 Å². The summed E-state index contributed by atoms with van der Waals surface area (Å²) in [6.45, 7) is 7.27. The molecule has 2 saturated heterocycles. The molecule has 168 valence electrons. The predicted molar refractivity (Wildman–Crippen MR) is 123 cm³/mol. The minimum atomic E-state index is -3.22. The summed E-state index contributed by atoms with van der Waals surface area (Å²) in [6.07, 6.45) is 6.91. The van der Waals surface area contributed by atoms with Crippen molar-refractivity contribution in [2.75, 3.05) is 19.3 Å². The molecule has 31 heavy (non-hydrogen) atoms. The monoisotopic (exact) mass is 462 g/mol. The Kier molecular flexibility index (Phi) is 6.21. The van der Waals surface area contributed by atoms with Gasteiger partial charge >= 0.3 is 0 Å². The largest absolute Gasteiger partial charge is 0.372 e. The van der Waals surface area contributed by atoms with Crippen LogP contribution in [0.3, 0.4) is 0 Å². The Morgan fingerprint density at radius 1 is 1.19 bits per heavy atom. The molecule has 0 unspecified atom stereocenters. The van der Waals surface area contributed by atoms with Gasteiger partial charge in [-0.1, -0.05) is 23.7 Å². The van der Waals surface area contributed by atoms with E-state index in [0.717, 1.165) is 56.0 Å². The molecular weight excluding hydrogens is 432 g/mol. The molecule has 0 saturated carbocycles. The van der Waals surface area contributed by atoms with E-state index in [0.29, 0.717) is 0 Å². The van der Waals surface area contributed by atoms with E-state index in [1.165, 1.54) is 18.0 Å². The number of aryl methyl sites for hydroxylation is 1. The number of ether oxygens (including phenoxy) is 1. The maximum absolute atomic E-state index is 11.7. The summed E-state index contributed by atoms with van der Waals surface area (Å²) < 4.78 is 29.7. The van der Waals surface area contributed by atoms with Crippen molar-refractivity contribution in [2.24, 2.45) is 5.41 Å². The number of aromatic nitrogens is 1. The van der Waals surface area contributed by atoms with Crippen molar-refractivity contribution >= 4 is 21.4 Å². The number of hydrogen-bond donors (Lipinski definition) is 0. The zero-order valence-electron chi connectivity index (χ0n) is 18.5. The van der Waals surface area contributed by atoms with Gasteiger partial charge < -0.3 is 4.74 Å². The number of sulfone groups is 1. The number of likely N-dealkylation sites (tertiary alicyclic amines) is 1. The molecule has 2 fully saturated rings. The molecule has 0 N–H and O–H groups in total. The molecule has 0 bridgehead atoms. The first kappa shape index (κ1) is 22.7. The van der Waals surface area contributed by atoms with E-state index >= 15 is 0 Å². The zero-order chi connectivity index (χ0) is 22.3. The Morgan fingerprint density at radius 3 is 2.48 bits per heavy atom. The van der Waals surface area contributed by atoms with Gasteiger partial charge in [-0.05, 0) is 69.5 Å². The van der Waals surface area contributed by atoms with E-state index in [1.807, 2.05) is 18.2 Å². The number of hydrogen-bond acceptors (Lipinski definition) is 5. The molecule has 3 heterocycles. The Balaban J connectivity index is 1.45. The Labute approximate surface area is 190 Å². The van der Waals surface area contributed by atoms with Gasteiger partial charge in [0.25, 0.3) is 0 Å². The Hall–Kier alpha value is -1.47. The SMILES string of the molecule is CC1(C)C[C@H]([C@]2(CCc3ccc(S(C)(=O)=O)cn3)CCN(Cc3ccc(Cl)cc3)C2)O1. The van der Waals surface area contributed by atoms with Gasteiger partial charge in [-0.25, -0.2) is 8.42 Å². The molecule has 7 heteroatoms. The van der Waals surface area contributed by atoms with Gasteiger partial charge in [-0.15, -0.1) is 0 Å². The van der Waals surface area contributed by atoms with Crippen LogP contribution >= 0.6 is 11.6 Å². The number of nitrogens with zero attached hydrogens (tertiary/aromatic N) is 2. The van der Waals surface area contributed by atoms with Crippen molar-refractivity contribution < 1.29 is 13.2 Å². The van der Waals surface area contributed by atoms with E-state index in [4.69, 9.17) is 16.3 Å². The molecule has 1 aromatic heterocycles. The lowest BCUT2D eigenvalue weighted by atomic mass is 9.70. The highest BCUT2D eigenvalue weighted by Gasteiger charge is 2.52. The molecule has 2 aliphatic rings. The highest BCUT2D eigenvalue weighted by molar-refractivity contribution is 7.90. The maximum Gasteiger partial charge on any atom is 0.177 e. The van der Waals surface area contributed by atoms with Gasteiger partial charge in [0, 0.05) is 48.1 Å². The van der Waals surface area contributed by atoms with Crippen molar-refractivity contribution in [1.82, 2.24) is 9.88 Å². The average Bonchev–Trinajstić information content (AvgIpc) is 3.10. The normalized spacial score (nSPS) is 26.0. The first-order valence-electron chi connectivity index (χ1n) is 10.8. The first-order valence-corrected chi connectivity index (χ1v) is 13.1. The van der Waals surface area contributed by atoms with Crippen LogP contribution in [-0.2, 0) is 27.5 Å². The summed E-state index contributed by atoms with van der Waals surface area (Å²) >= 11 is 6.03. The van der Waals surface area contributed by atoms with Crippen molar-refractivity contribution in [2.45, 2.75) is 62.7 Å². The predicted octanol–water partition coefficient (Wildman–Crippen LogP) is 4.53. The van der Waals surface area contributed by atoms with Crippen molar-refractivity contribution in [3.63, 3.8) is 0 Å². The van der Waals surface area contributed by atoms with Gasteiger partial charge in [-0.2, -0.15) is 0 Å². The van der Waals surface area contributed by atoms with Crippen LogP contribution in [0.4, 0.5) is 0 Å². The summed E-state index contributed by atoms with van der Waals surface area (Å²) in [6, 6.07) is 11.6. The van der Waals surface area contributed by atoms with Crippen molar-refractivity contribution in [1.29, 1.82) is 0 Å². The fourth-order valence-corrected chi connectivity index (χ4v) is 5.60.